The van der Waals surface area contributed by atoms with E-state index < -0.39 is 36.7 Å². The standard InChI is InChI=1S/C62H77ClN11O7PS/c1-40-56(83-39-66-40)44-20-16-43(17-21-44)36-64-59(78)51-35-47(75)38-74(51)60(79)57(62(2,3)4)69-54(76)24-18-41-12-14-42(15-13-41)19-25-55(77)73-32-30-72(31-33-73)45-26-28-71(29-27-45)46-22-23-49(52(34-46)81-5)68-61-65-37-48(63)58(70-61)67-50-10-8-9-11-53(50)82(6,7)80/h8-17,20-23,34,37,39,45,47,51,57,75H,18-19,24-33,35-36,38H2,1-7H3,(H,64,78)(H,69,76)(H2,65,67,68,70)/t47-,51+,57-/m1/s1. The van der Waals surface area contributed by atoms with E-state index in [4.69, 9.17) is 16.3 Å². The van der Waals surface area contributed by atoms with E-state index in [1.165, 1.54) is 11.1 Å². The van der Waals surface area contributed by atoms with Crippen molar-refractivity contribution >= 4 is 87.8 Å². The second kappa shape index (κ2) is 26.8. The van der Waals surface area contributed by atoms with Crippen LogP contribution in [-0.2, 0) is 43.1 Å². The van der Waals surface area contributed by atoms with Gasteiger partial charge in [0.25, 0.3) is 0 Å². The van der Waals surface area contributed by atoms with Crippen LogP contribution in [0.25, 0.3) is 10.4 Å². The zero-order valence-electron chi connectivity index (χ0n) is 48.5. The van der Waals surface area contributed by atoms with Gasteiger partial charge in [-0.1, -0.05) is 93.0 Å². The van der Waals surface area contributed by atoms with Crippen LogP contribution in [0.2, 0.25) is 5.02 Å². The molecular formula is C62H77ClN11O7PS. The van der Waals surface area contributed by atoms with Crippen LogP contribution in [0.5, 0.6) is 5.75 Å². The Morgan fingerprint density at radius 1 is 0.843 bits per heavy atom. The third-order valence-electron chi connectivity index (χ3n) is 15.9. The molecule has 0 aliphatic carbocycles. The number of aliphatic hydroxyl groups is 1. The largest absolute Gasteiger partial charge is 0.494 e. The van der Waals surface area contributed by atoms with Crippen molar-refractivity contribution in [3.63, 3.8) is 0 Å². The monoisotopic (exact) mass is 1190 g/mol. The first kappa shape index (κ1) is 60.7. The number of β-amino-alcohol motifs (C(OH)–C–C–N with tert-alkyl or cyclic N) is 1. The van der Waals surface area contributed by atoms with Crippen molar-refractivity contribution in [3.8, 4) is 16.2 Å². The van der Waals surface area contributed by atoms with Crippen molar-refractivity contribution in [1.29, 1.82) is 0 Å². The molecule has 0 bridgehead atoms. The number of hydrogen-bond donors (Lipinski definition) is 5. The summed E-state index contributed by atoms with van der Waals surface area (Å²) in [5, 5.41) is 24.2. The number of carbonyl (C=O) groups is 4. The van der Waals surface area contributed by atoms with Gasteiger partial charge in [0, 0.05) is 94.7 Å². The molecule has 4 amide bonds. The molecule has 5 heterocycles. The van der Waals surface area contributed by atoms with E-state index in [0.717, 1.165) is 77.5 Å². The van der Waals surface area contributed by atoms with Gasteiger partial charge in [0.2, 0.25) is 29.6 Å². The maximum absolute atomic E-state index is 14.2. The molecule has 4 aromatic carbocycles. The van der Waals surface area contributed by atoms with Crippen LogP contribution in [-0.4, -0.2) is 149 Å². The Morgan fingerprint density at radius 3 is 2.17 bits per heavy atom. The molecule has 18 nitrogen and oxygen atoms in total. The fraction of sp³-hybridized carbons (Fsp3) is 0.435. The molecule has 21 heteroatoms. The number of likely N-dealkylation sites (tertiary alicyclic amines) is 1. The number of piperazine rings is 1. The van der Waals surface area contributed by atoms with Gasteiger partial charge >= 0.3 is 0 Å². The van der Waals surface area contributed by atoms with E-state index in [1.54, 1.807) is 31.8 Å². The Labute approximate surface area is 496 Å². The number of piperidine rings is 1. The smallest absolute Gasteiger partial charge is 0.246 e. The van der Waals surface area contributed by atoms with Crippen molar-refractivity contribution in [1.82, 2.24) is 40.3 Å². The highest BCUT2D eigenvalue weighted by molar-refractivity contribution is 7.70. The van der Waals surface area contributed by atoms with E-state index in [2.05, 4.69) is 52.1 Å². The molecule has 9 rings (SSSR count). The molecule has 2 aromatic heterocycles. The molecule has 83 heavy (non-hydrogen) atoms. The van der Waals surface area contributed by atoms with Crippen molar-refractivity contribution in [2.75, 3.05) is 81.8 Å². The molecule has 3 fully saturated rings. The van der Waals surface area contributed by atoms with Gasteiger partial charge in [0.15, 0.2) is 5.82 Å². The zero-order chi connectivity index (χ0) is 59.0. The average Bonchev–Trinajstić information content (AvgIpc) is 4.36. The SMILES string of the molecule is COc1cc(N2CCC(N3CCN(C(=O)CCc4ccc(CCC(=O)N[C@H](C(=O)N5C[C@H](O)C[C@H]5C(=O)NCc5ccc(-c6scnc6C)cc5)C(C)(C)C)cc4)CC3)CC2)ccc1Nc1ncc(Cl)c(Nc2ccccc2P(C)(C)=O)n1. The number of ether oxygens (including phenoxy) is 1. The number of nitrogens with zero attached hydrogens (tertiary/aromatic N) is 7. The third kappa shape index (κ3) is 15.5. The lowest BCUT2D eigenvalue weighted by molar-refractivity contribution is -0.144. The Morgan fingerprint density at radius 2 is 1.52 bits per heavy atom. The summed E-state index contributed by atoms with van der Waals surface area (Å²) in [6, 6.07) is 28.1. The fourth-order valence-electron chi connectivity index (χ4n) is 11.2. The number of thiazole rings is 1. The van der Waals surface area contributed by atoms with Crippen molar-refractivity contribution < 1.29 is 33.6 Å². The van der Waals surface area contributed by atoms with Gasteiger partial charge in [-0.15, -0.1) is 11.3 Å². The number of amides is 4. The summed E-state index contributed by atoms with van der Waals surface area (Å²) in [6.45, 7) is 16.2. The van der Waals surface area contributed by atoms with Crippen LogP contribution in [0.1, 0.15) is 75.3 Å². The highest BCUT2D eigenvalue weighted by Gasteiger charge is 2.44. The van der Waals surface area contributed by atoms with Crippen LogP contribution >= 0.6 is 30.1 Å². The maximum atomic E-state index is 14.2. The molecule has 6 aromatic rings. The van der Waals surface area contributed by atoms with Gasteiger partial charge in [-0.2, -0.15) is 4.98 Å². The molecule has 5 N–H and O–H groups in total. The third-order valence-corrected chi connectivity index (χ3v) is 18.7. The first-order valence-electron chi connectivity index (χ1n) is 28.5. The number of aryl methyl sites for hydroxylation is 3. The van der Waals surface area contributed by atoms with E-state index in [-0.39, 0.29) is 43.7 Å². The molecular weight excluding hydrogens is 1110 g/mol. The van der Waals surface area contributed by atoms with Gasteiger partial charge in [0.05, 0.1) is 46.9 Å². The highest BCUT2D eigenvalue weighted by Crippen LogP contribution is 2.39. The number of nitrogens with one attached hydrogen (secondary N) is 4. The number of para-hydroxylation sites is 1. The molecule has 3 aliphatic rings. The summed E-state index contributed by atoms with van der Waals surface area (Å²) >= 11 is 8.09. The lowest BCUT2D eigenvalue weighted by Crippen LogP contribution is -2.57. The van der Waals surface area contributed by atoms with E-state index >= 15 is 0 Å². The number of carbonyl (C=O) groups excluding carboxylic acids is 4. The van der Waals surface area contributed by atoms with Gasteiger partial charge in [-0.05, 0) is 97.9 Å². The highest BCUT2D eigenvalue weighted by atomic mass is 35.5. The molecule has 3 aliphatic heterocycles. The summed E-state index contributed by atoms with van der Waals surface area (Å²) in [5.41, 5.74) is 8.53. The van der Waals surface area contributed by atoms with Gasteiger partial charge in [-0.3, -0.25) is 24.1 Å². The van der Waals surface area contributed by atoms with Gasteiger partial charge in [0.1, 0.15) is 30.0 Å². The maximum Gasteiger partial charge on any atom is 0.246 e. The van der Waals surface area contributed by atoms with Crippen LogP contribution in [0.15, 0.2) is 103 Å². The normalized spacial score (nSPS) is 17.5. The summed E-state index contributed by atoms with van der Waals surface area (Å²) in [4.78, 5) is 77.5. The number of aromatic nitrogens is 3. The van der Waals surface area contributed by atoms with E-state index in [9.17, 15) is 28.8 Å². The summed E-state index contributed by atoms with van der Waals surface area (Å²) in [5.74, 6) is 0.482. The molecule has 0 saturated carbocycles. The Bertz CT molecular complexity index is 3300. The minimum atomic E-state index is -2.57. The first-order chi connectivity index (χ1) is 39.7. The van der Waals surface area contributed by atoms with Gasteiger partial charge < -0.3 is 50.4 Å². The lowest BCUT2D eigenvalue weighted by Gasteiger charge is -2.43. The Hall–Kier alpha value is -6.89. The Balaban J connectivity index is 0.684. The minimum Gasteiger partial charge on any atom is -0.494 e. The van der Waals surface area contributed by atoms with Crippen molar-refractivity contribution in [2.45, 2.75) is 103 Å². The molecule has 3 saturated heterocycles. The zero-order valence-corrected chi connectivity index (χ0v) is 51.0. The quantitative estimate of drug-likeness (QED) is 0.0452. The minimum absolute atomic E-state index is 0.00222. The molecule has 440 valence electrons. The number of hydrogen-bond acceptors (Lipinski definition) is 15. The molecule has 0 spiro atoms. The van der Waals surface area contributed by atoms with Crippen LogP contribution in [0, 0.1) is 12.3 Å². The van der Waals surface area contributed by atoms with E-state index in [0.29, 0.717) is 77.6 Å². The molecule has 0 unspecified atom stereocenters. The average molecular weight is 1190 g/mol. The van der Waals surface area contributed by atoms with E-state index in [1.807, 2.05) is 123 Å². The number of halogens is 1. The van der Waals surface area contributed by atoms with Gasteiger partial charge in [-0.25, -0.2) is 9.97 Å². The predicted octanol–water partition coefficient (Wildman–Crippen LogP) is 8.79. The Kier molecular flexibility index (Phi) is 19.6. The number of rotatable bonds is 20. The number of benzene rings is 4. The molecule has 0 radical (unpaired) electrons. The van der Waals surface area contributed by atoms with Crippen molar-refractivity contribution in [3.05, 3.63) is 130 Å². The van der Waals surface area contributed by atoms with Crippen molar-refractivity contribution in [2.24, 2.45) is 5.41 Å². The number of aliphatic hydroxyl groups excluding tert-OH is 1. The summed E-state index contributed by atoms with van der Waals surface area (Å²) in [7, 11) is -0.932. The second-order valence-corrected chi connectivity index (χ2v) is 27.7. The predicted molar refractivity (Wildman–Crippen MR) is 330 cm³/mol. The number of anilines is 5. The lowest BCUT2D eigenvalue weighted by atomic mass is 9.85. The topological polar surface area (TPSA) is 215 Å². The van der Waals surface area contributed by atoms with Crippen LogP contribution in [0.3, 0.4) is 0 Å². The van der Waals surface area contributed by atoms with Crippen LogP contribution in [0.4, 0.5) is 28.8 Å². The fourth-order valence-corrected chi connectivity index (χ4v) is 13.3. The number of methoxy groups -OCH3 is 1. The second-order valence-electron chi connectivity index (χ2n) is 23.3. The summed E-state index contributed by atoms with van der Waals surface area (Å²) < 4.78 is 18.8. The van der Waals surface area contributed by atoms with Crippen LogP contribution < -0.4 is 36.2 Å². The first-order valence-corrected chi connectivity index (χ1v) is 32.4. The molecule has 3 atom stereocenters. The summed E-state index contributed by atoms with van der Waals surface area (Å²) in [6.07, 6.45) is 4.45.